The molecule has 0 aromatic heterocycles. The molecule has 0 aliphatic carbocycles. The summed E-state index contributed by atoms with van der Waals surface area (Å²) in [5.74, 6) is -7.65. The summed E-state index contributed by atoms with van der Waals surface area (Å²) < 4.78 is 6.00. The Hall–Kier alpha value is -1.47. The van der Waals surface area contributed by atoms with Crippen molar-refractivity contribution in [3.8, 4) is 11.5 Å². The number of aliphatic carboxylic acids is 4. The van der Waals surface area contributed by atoms with E-state index in [1.165, 1.54) is 42.5 Å². The van der Waals surface area contributed by atoms with Crippen LogP contribution in [0.4, 0.5) is 0 Å². The summed E-state index contributed by atoms with van der Waals surface area (Å²) in [4.78, 5) is 59.9. The zero-order valence-electron chi connectivity index (χ0n) is 26.9. The van der Waals surface area contributed by atoms with Crippen molar-refractivity contribution < 1.29 is 178 Å². The first-order chi connectivity index (χ1) is 20.8. The molecular formula is C30H24N2Na4O12. The second-order valence-corrected chi connectivity index (χ2v) is 10.1. The number of esters is 1. The molecule has 2 N–H and O–H groups in total. The SMILES string of the molecule is O=C([O-])CN(CC(=O)[O-])Cc1cc(C2(c3ccc(O)c(CN(CC(=O)[O-])CC(=O)[O-])c3)OC(=O)c3ccccc32)ccc1O.[Na+].[Na+].[Na+].[Na+]. The smallest absolute Gasteiger partial charge is 0.549 e. The second kappa shape index (κ2) is 20.4. The standard InChI is InChI=1S/C30H28N2O12.4Na/c33-23-7-5-19(9-17(23)11-31(13-25(35)36)14-26(37)38)30(22-4-2-1-3-21(22)29(43)44-30)20-6-8-24(34)18(10-20)12-32(15-27(39)40)16-28(41)42;;;;/h1-10,33-34H,11-16H2,(H,35,36)(H,37,38)(H,39,40)(H,41,42);;;;/q;4*+1/p-4. The first-order valence-electron chi connectivity index (χ1n) is 13.0. The number of phenolic OH excluding ortho intramolecular Hbond substituents is 2. The predicted molar refractivity (Wildman–Crippen MR) is 139 cm³/mol. The molecule has 0 saturated heterocycles. The molecule has 0 radical (unpaired) electrons. The van der Waals surface area contributed by atoms with E-state index in [1.54, 1.807) is 18.2 Å². The fourth-order valence-corrected chi connectivity index (χ4v) is 5.22. The topological polar surface area (TPSA) is 234 Å². The second-order valence-electron chi connectivity index (χ2n) is 10.1. The van der Waals surface area contributed by atoms with E-state index in [9.17, 15) is 54.6 Å². The van der Waals surface area contributed by atoms with E-state index >= 15 is 0 Å². The van der Waals surface area contributed by atoms with Crippen molar-refractivity contribution in [3.63, 3.8) is 0 Å². The van der Waals surface area contributed by atoms with E-state index in [2.05, 4.69) is 0 Å². The number of hydrogen-bond acceptors (Lipinski definition) is 14. The van der Waals surface area contributed by atoms with Gasteiger partial charge >= 0.3 is 124 Å². The Balaban J connectivity index is 0.00000552. The van der Waals surface area contributed by atoms with Gasteiger partial charge in [0.1, 0.15) is 11.5 Å². The average molecular weight is 696 g/mol. The number of carboxylic acid groups (broad SMARTS) is 4. The van der Waals surface area contributed by atoms with E-state index in [0.29, 0.717) is 5.56 Å². The third-order valence-electron chi connectivity index (χ3n) is 6.94. The van der Waals surface area contributed by atoms with Crippen molar-refractivity contribution in [3.05, 3.63) is 94.0 Å². The Kier molecular flexibility index (Phi) is 19.8. The maximum absolute atomic E-state index is 13.1. The van der Waals surface area contributed by atoms with Crippen molar-refractivity contribution in [1.29, 1.82) is 0 Å². The van der Waals surface area contributed by atoms with Crippen LogP contribution in [0.15, 0.2) is 60.7 Å². The summed E-state index contributed by atoms with van der Waals surface area (Å²) in [6.45, 7) is -3.94. The predicted octanol–water partition coefficient (Wildman–Crippen LogP) is -15.8. The van der Waals surface area contributed by atoms with Crippen molar-refractivity contribution >= 4 is 29.8 Å². The maximum Gasteiger partial charge on any atom is 1.00 e. The number of rotatable bonds is 14. The normalized spacial score (nSPS) is 12.3. The molecule has 0 saturated carbocycles. The van der Waals surface area contributed by atoms with Crippen molar-refractivity contribution in [2.75, 3.05) is 26.2 Å². The van der Waals surface area contributed by atoms with Gasteiger partial charge in [-0.3, -0.25) is 9.80 Å². The maximum atomic E-state index is 13.1. The van der Waals surface area contributed by atoms with E-state index in [1.807, 2.05) is 0 Å². The van der Waals surface area contributed by atoms with Crippen LogP contribution in [0.1, 0.15) is 38.2 Å². The summed E-state index contributed by atoms with van der Waals surface area (Å²) >= 11 is 0. The molecule has 18 heteroatoms. The number of cyclic esters (lactones) is 1. The molecular weight excluding hydrogens is 672 g/mol. The van der Waals surface area contributed by atoms with Crippen LogP contribution in [-0.2, 0) is 42.6 Å². The van der Waals surface area contributed by atoms with Gasteiger partial charge in [0.15, 0.2) is 5.60 Å². The number of aromatic hydroxyl groups is 2. The number of carbonyl (C=O) groups is 5. The van der Waals surface area contributed by atoms with Crippen LogP contribution in [0.25, 0.3) is 0 Å². The third-order valence-corrected chi connectivity index (χ3v) is 6.94. The molecule has 230 valence electrons. The fraction of sp³-hybridized carbons (Fsp3) is 0.233. The van der Waals surface area contributed by atoms with Gasteiger partial charge in [-0.25, -0.2) is 4.79 Å². The zero-order chi connectivity index (χ0) is 32.2. The van der Waals surface area contributed by atoms with Crippen LogP contribution in [-0.4, -0.2) is 76.0 Å². The molecule has 1 aliphatic rings. The molecule has 48 heavy (non-hydrogen) atoms. The average Bonchev–Trinajstić information content (AvgIpc) is 3.23. The number of hydrogen-bond donors (Lipinski definition) is 2. The number of nitrogens with zero attached hydrogens (tertiary/aromatic N) is 2. The van der Waals surface area contributed by atoms with Gasteiger partial charge in [-0.2, -0.15) is 0 Å². The Morgan fingerprint density at radius 2 is 1.00 bits per heavy atom. The van der Waals surface area contributed by atoms with Crippen molar-refractivity contribution in [1.82, 2.24) is 9.80 Å². The number of phenols is 2. The summed E-state index contributed by atoms with van der Waals surface area (Å²) in [6.07, 6.45) is 0. The summed E-state index contributed by atoms with van der Waals surface area (Å²) in [7, 11) is 0. The Morgan fingerprint density at radius 1 is 0.625 bits per heavy atom. The fourth-order valence-electron chi connectivity index (χ4n) is 5.22. The molecule has 0 spiro atoms. The minimum absolute atomic E-state index is 0. The van der Waals surface area contributed by atoms with Gasteiger partial charge in [0.25, 0.3) is 0 Å². The number of carboxylic acids is 4. The third kappa shape index (κ3) is 11.3. The number of carbonyl (C=O) groups excluding carboxylic acids is 5. The van der Waals surface area contributed by atoms with Gasteiger partial charge in [-0.15, -0.1) is 0 Å². The van der Waals surface area contributed by atoms with Gasteiger partial charge in [-0.05, 0) is 30.3 Å². The van der Waals surface area contributed by atoms with E-state index in [-0.39, 0.29) is 171 Å². The molecule has 0 bridgehead atoms. The van der Waals surface area contributed by atoms with Crippen LogP contribution in [0.2, 0.25) is 0 Å². The zero-order valence-corrected chi connectivity index (χ0v) is 34.9. The van der Waals surface area contributed by atoms with Crippen LogP contribution >= 0.6 is 0 Å². The molecule has 0 amide bonds. The van der Waals surface area contributed by atoms with Crippen LogP contribution < -0.4 is 139 Å². The molecule has 0 atom stereocenters. The van der Waals surface area contributed by atoms with Gasteiger partial charge in [0, 0.05) is 67.1 Å². The van der Waals surface area contributed by atoms with Crippen LogP contribution in [0.5, 0.6) is 11.5 Å². The van der Waals surface area contributed by atoms with Crippen LogP contribution in [0.3, 0.4) is 0 Å². The monoisotopic (exact) mass is 696 g/mol. The Morgan fingerprint density at radius 3 is 1.38 bits per heavy atom. The minimum Gasteiger partial charge on any atom is -0.549 e. The van der Waals surface area contributed by atoms with Gasteiger partial charge < -0.3 is 54.6 Å². The van der Waals surface area contributed by atoms with Gasteiger partial charge in [-0.1, -0.05) is 30.3 Å². The van der Waals surface area contributed by atoms with Gasteiger partial charge in [0.2, 0.25) is 0 Å². The molecule has 3 aromatic carbocycles. The molecule has 1 heterocycles. The van der Waals surface area contributed by atoms with E-state index in [4.69, 9.17) is 4.74 Å². The molecule has 14 nitrogen and oxygen atoms in total. The van der Waals surface area contributed by atoms with E-state index < -0.39 is 61.6 Å². The first-order valence-corrected chi connectivity index (χ1v) is 13.0. The van der Waals surface area contributed by atoms with Crippen LogP contribution in [0, 0.1) is 0 Å². The summed E-state index contributed by atoms with van der Waals surface area (Å²) in [5, 5.41) is 66.1. The quantitative estimate of drug-likeness (QED) is 0.118. The number of fused-ring (bicyclic) bond motifs is 1. The number of benzene rings is 3. The van der Waals surface area contributed by atoms with Crippen molar-refractivity contribution in [2.24, 2.45) is 0 Å². The first kappa shape index (κ1) is 46.5. The minimum atomic E-state index is -1.74. The summed E-state index contributed by atoms with van der Waals surface area (Å²) in [6, 6.07) is 14.5. The molecule has 0 fully saturated rings. The largest absolute Gasteiger partial charge is 1.00 e. The molecule has 4 rings (SSSR count). The summed E-state index contributed by atoms with van der Waals surface area (Å²) in [5.41, 5.74) is -0.592. The van der Waals surface area contributed by atoms with Gasteiger partial charge in [0.05, 0.1) is 29.4 Å². The molecule has 1 aliphatic heterocycles. The van der Waals surface area contributed by atoms with Crippen molar-refractivity contribution in [2.45, 2.75) is 18.7 Å². The Bertz CT molecular complexity index is 1540. The Labute approximate surface area is 363 Å². The molecule has 3 aromatic rings. The molecule has 0 unspecified atom stereocenters. The van der Waals surface area contributed by atoms with E-state index in [0.717, 1.165) is 9.80 Å². The number of ether oxygens (including phenoxy) is 1.